The van der Waals surface area contributed by atoms with Crippen LogP contribution in [0.25, 0.3) is 0 Å². The van der Waals surface area contributed by atoms with Gasteiger partial charge < -0.3 is 10.4 Å². The summed E-state index contributed by atoms with van der Waals surface area (Å²) >= 11 is 7.75. The highest BCUT2D eigenvalue weighted by molar-refractivity contribution is 7.07. The van der Waals surface area contributed by atoms with Crippen LogP contribution in [0.1, 0.15) is 22.8 Å². The van der Waals surface area contributed by atoms with Gasteiger partial charge in [-0.1, -0.05) is 11.6 Å². The van der Waals surface area contributed by atoms with Gasteiger partial charge in [-0.15, -0.1) is 0 Å². The number of halogens is 1. The lowest BCUT2D eigenvalue weighted by molar-refractivity contribution is 0.0697. The van der Waals surface area contributed by atoms with E-state index < -0.39 is 5.97 Å². The molecule has 1 atom stereocenters. The first-order valence-electron chi connectivity index (χ1n) is 5.86. The summed E-state index contributed by atoms with van der Waals surface area (Å²) in [6.45, 7) is 2.07. The zero-order valence-electron chi connectivity index (χ0n) is 10.4. The largest absolute Gasteiger partial charge is 0.478 e. The van der Waals surface area contributed by atoms with Gasteiger partial charge >= 0.3 is 5.97 Å². The first-order chi connectivity index (χ1) is 9.06. The third-order valence-electron chi connectivity index (χ3n) is 2.74. The molecule has 0 bridgehead atoms. The molecule has 1 aromatic heterocycles. The van der Waals surface area contributed by atoms with Crippen LogP contribution in [0.4, 0.5) is 5.69 Å². The number of carboxylic acids is 1. The molecule has 1 unspecified atom stereocenters. The smallest absolute Gasteiger partial charge is 0.335 e. The van der Waals surface area contributed by atoms with Crippen molar-refractivity contribution >= 4 is 34.6 Å². The first-order valence-corrected chi connectivity index (χ1v) is 7.19. The van der Waals surface area contributed by atoms with Crippen LogP contribution in [0, 0.1) is 0 Å². The fraction of sp³-hybridized carbons (Fsp3) is 0.214. The summed E-state index contributed by atoms with van der Waals surface area (Å²) in [5.41, 5.74) is 2.23. The van der Waals surface area contributed by atoms with Crippen LogP contribution in [0.2, 0.25) is 5.02 Å². The lowest BCUT2D eigenvalue weighted by Crippen LogP contribution is -2.18. The number of hydrogen-bond acceptors (Lipinski definition) is 3. The van der Waals surface area contributed by atoms with E-state index in [0.717, 1.165) is 12.1 Å². The molecule has 2 aromatic rings. The summed E-state index contributed by atoms with van der Waals surface area (Å²) < 4.78 is 0. The number of carboxylic acid groups (broad SMARTS) is 1. The minimum atomic E-state index is -0.972. The molecule has 2 N–H and O–H groups in total. The highest BCUT2D eigenvalue weighted by Gasteiger charge is 2.09. The van der Waals surface area contributed by atoms with E-state index in [9.17, 15) is 4.79 Å². The number of hydrogen-bond donors (Lipinski definition) is 2. The standard InChI is InChI=1S/C14H14ClNO2S/c1-9(6-10-4-5-19-8-10)16-13-3-2-11(14(17)18)7-12(13)15/h2-5,7-9,16H,6H2,1H3,(H,17,18). The number of anilines is 1. The quantitative estimate of drug-likeness (QED) is 0.871. The fourth-order valence-corrected chi connectivity index (χ4v) is 2.76. The van der Waals surface area contributed by atoms with Gasteiger partial charge in [-0.2, -0.15) is 11.3 Å². The van der Waals surface area contributed by atoms with Crippen LogP contribution < -0.4 is 5.32 Å². The number of carbonyl (C=O) groups is 1. The van der Waals surface area contributed by atoms with E-state index in [-0.39, 0.29) is 11.6 Å². The number of nitrogens with one attached hydrogen (secondary N) is 1. The third-order valence-corrected chi connectivity index (χ3v) is 3.78. The molecule has 0 radical (unpaired) electrons. The summed E-state index contributed by atoms with van der Waals surface area (Å²) in [6.07, 6.45) is 0.903. The van der Waals surface area contributed by atoms with Gasteiger partial charge in [0.15, 0.2) is 0 Å². The molecule has 0 aliphatic rings. The highest BCUT2D eigenvalue weighted by Crippen LogP contribution is 2.24. The monoisotopic (exact) mass is 295 g/mol. The van der Waals surface area contributed by atoms with Gasteiger partial charge in [-0.3, -0.25) is 0 Å². The van der Waals surface area contributed by atoms with E-state index in [2.05, 4.69) is 29.1 Å². The number of rotatable bonds is 5. The zero-order valence-corrected chi connectivity index (χ0v) is 12.0. The van der Waals surface area contributed by atoms with Crippen LogP contribution in [0.3, 0.4) is 0 Å². The summed E-state index contributed by atoms with van der Waals surface area (Å²) in [7, 11) is 0. The van der Waals surface area contributed by atoms with Crippen molar-refractivity contribution in [2.45, 2.75) is 19.4 Å². The van der Waals surface area contributed by atoms with Crippen LogP contribution in [-0.4, -0.2) is 17.1 Å². The highest BCUT2D eigenvalue weighted by atomic mass is 35.5. The second-order valence-corrected chi connectivity index (χ2v) is 5.57. The topological polar surface area (TPSA) is 49.3 Å². The van der Waals surface area contributed by atoms with Crippen molar-refractivity contribution in [2.24, 2.45) is 0 Å². The predicted molar refractivity (Wildman–Crippen MR) is 79.5 cm³/mol. The molecule has 0 saturated carbocycles. The average molecular weight is 296 g/mol. The molecule has 5 heteroatoms. The van der Waals surface area contributed by atoms with Crippen molar-refractivity contribution in [2.75, 3.05) is 5.32 Å². The van der Waals surface area contributed by atoms with Crippen LogP contribution in [0.15, 0.2) is 35.0 Å². The van der Waals surface area contributed by atoms with Crippen molar-refractivity contribution in [3.63, 3.8) is 0 Å². The van der Waals surface area contributed by atoms with E-state index in [1.807, 2.05) is 0 Å². The van der Waals surface area contributed by atoms with E-state index in [4.69, 9.17) is 16.7 Å². The van der Waals surface area contributed by atoms with E-state index in [1.54, 1.807) is 23.5 Å². The van der Waals surface area contributed by atoms with E-state index in [1.165, 1.54) is 11.6 Å². The molecule has 1 aromatic carbocycles. The Morgan fingerprint density at radius 2 is 2.26 bits per heavy atom. The zero-order chi connectivity index (χ0) is 13.8. The van der Waals surface area contributed by atoms with Crippen molar-refractivity contribution in [1.29, 1.82) is 0 Å². The molecule has 19 heavy (non-hydrogen) atoms. The van der Waals surface area contributed by atoms with Crippen LogP contribution >= 0.6 is 22.9 Å². The van der Waals surface area contributed by atoms with Gasteiger partial charge in [0.2, 0.25) is 0 Å². The molecule has 0 saturated heterocycles. The maximum Gasteiger partial charge on any atom is 0.335 e. The molecule has 1 heterocycles. The summed E-state index contributed by atoms with van der Waals surface area (Å²) in [5.74, 6) is -0.972. The lowest BCUT2D eigenvalue weighted by Gasteiger charge is -2.16. The summed E-state index contributed by atoms with van der Waals surface area (Å²) in [5, 5.41) is 16.8. The summed E-state index contributed by atoms with van der Waals surface area (Å²) in [4.78, 5) is 10.8. The van der Waals surface area contributed by atoms with Gasteiger partial charge in [-0.05, 0) is 53.9 Å². The Kier molecular flexibility index (Phi) is 4.45. The van der Waals surface area contributed by atoms with Gasteiger partial charge in [0.25, 0.3) is 0 Å². The maximum absolute atomic E-state index is 10.8. The minimum Gasteiger partial charge on any atom is -0.478 e. The summed E-state index contributed by atoms with van der Waals surface area (Å²) in [6, 6.07) is 7.04. The van der Waals surface area contributed by atoms with Crippen molar-refractivity contribution in [3.05, 3.63) is 51.2 Å². The SMILES string of the molecule is CC(Cc1ccsc1)Nc1ccc(C(=O)O)cc1Cl. The Morgan fingerprint density at radius 3 is 2.84 bits per heavy atom. The first kappa shape index (κ1) is 13.9. The van der Waals surface area contributed by atoms with E-state index in [0.29, 0.717) is 5.02 Å². The average Bonchev–Trinajstić information content (AvgIpc) is 2.84. The molecule has 0 spiro atoms. The van der Waals surface area contributed by atoms with Gasteiger partial charge in [0, 0.05) is 6.04 Å². The Hall–Kier alpha value is -1.52. The van der Waals surface area contributed by atoms with E-state index >= 15 is 0 Å². The fourth-order valence-electron chi connectivity index (χ4n) is 1.84. The molecule has 100 valence electrons. The molecule has 0 amide bonds. The van der Waals surface area contributed by atoms with Gasteiger partial charge in [0.05, 0.1) is 16.3 Å². The Bertz CT molecular complexity index is 569. The van der Waals surface area contributed by atoms with Crippen LogP contribution in [-0.2, 0) is 6.42 Å². The van der Waals surface area contributed by atoms with Gasteiger partial charge in [-0.25, -0.2) is 4.79 Å². The Morgan fingerprint density at radius 1 is 1.47 bits per heavy atom. The van der Waals surface area contributed by atoms with Crippen LogP contribution in [0.5, 0.6) is 0 Å². The molecule has 0 aliphatic carbocycles. The van der Waals surface area contributed by atoms with Crippen molar-refractivity contribution in [1.82, 2.24) is 0 Å². The lowest BCUT2D eigenvalue weighted by atomic mass is 10.1. The Balaban J connectivity index is 2.04. The number of thiophene rings is 1. The Labute approximate surface area is 120 Å². The predicted octanol–water partition coefficient (Wildman–Crippen LogP) is 4.14. The minimum absolute atomic E-state index is 0.195. The second-order valence-electron chi connectivity index (χ2n) is 4.38. The molecule has 0 fully saturated rings. The van der Waals surface area contributed by atoms with Gasteiger partial charge in [0.1, 0.15) is 0 Å². The van der Waals surface area contributed by atoms with Crippen molar-refractivity contribution in [3.8, 4) is 0 Å². The molecule has 2 rings (SSSR count). The molecule has 3 nitrogen and oxygen atoms in total. The molecular weight excluding hydrogens is 282 g/mol. The second kappa shape index (κ2) is 6.08. The number of aromatic carboxylic acids is 1. The molecule has 0 aliphatic heterocycles. The van der Waals surface area contributed by atoms with Crippen molar-refractivity contribution < 1.29 is 9.90 Å². The third kappa shape index (κ3) is 3.72. The normalized spacial score (nSPS) is 12.1. The maximum atomic E-state index is 10.8. The number of benzene rings is 1. The molecular formula is C14H14ClNO2S.